The Morgan fingerprint density at radius 2 is 1.54 bits per heavy atom. The van der Waals surface area contributed by atoms with E-state index in [1.165, 1.54) is 24.3 Å². The largest absolute Gasteiger partial charge is 0.416 e. The summed E-state index contributed by atoms with van der Waals surface area (Å²) in [5.41, 5.74) is -0.864. The van der Waals surface area contributed by atoms with E-state index in [4.69, 9.17) is 0 Å². The molecule has 0 unspecified atom stereocenters. The quantitative estimate of drug-likeness (QED) is 0.224. The second kappa shape index (κ2) is 10.6. The van der Waals surface area contributed by atoms with Crippen molar-refractivity contribution in [2.24, 2.45) is 0 Å². The van der Waals surface area contributed by atoms with E-state index >= 15 is 0 Å². The second-order valence-electron chi connectivity index (χ2n) is 8.25. The SMILES string of the molecule is O=C(NCCCN(c1ccc(F)cc1)S(=O)(=O)c1ccc2ccccc2c1)c1cccc(C(F)(F)F)c1. The topological polar surface area (TPSA) is 66.5 Å². The fraction of sp³-hybridized carbons (Fsp3) is 0.148. The summed E-state index contributed by atoms with van der Waals surface area (Å²) in [4.78, 5) is 12.4. The molecule has 0 saturated heterocycles. The smallest absolute Gasteiger partial charge is 0.352 e. The number of hydrogen-bond acceptors (Lipinski definition) is 3. The molecule has 0 heterocycles. The lowest BCUT2D eigenvalue weighted by molar-refractivity contribution is -0.137. The minimum absolute atomic E-state index is 0.0000137. The van der Waals surface area contributed by atoms with E-state index in [-0.39, 0.29) is 35.7 Å². The number of nitrogens with zero attached hydrogens (tertiary/aromatic N) is 1. The van der Waals surface area contributed by atoms with Crippen LogP contribution >= 0.6 is 0 Å². The zero-order chi connectivity index (χ0) is 26.6. The molecule has 0 aliphatic carbocycles. The van der Waals surface area contributed by atoms with Crippen LogP contribution < -0.4 is 9.62 Å². The summed E-state index contributed by atoms with van der Waals surface area (Å²) in [5.74, 6) is -1.24. The number of sulfonamides is 1. The maximum atomic E-state index is 13.6. The first kappa shape index (κ1) is 26.2. The third-order valence-electron chi connectivity index (χ3n) is 5.70. The van der Waals surface area contributed by atoms with Crippen LogP contribution in [-0.4, -0.2) is 27.4 Å². The first-order valence-corrected chi connectivity index (χ1v) is 12.7. The number of nitrogens with one attached hydrogen (secondary N) is 1. The van der Waals surface area contributed by atoms with Crippen LogP contribution in [0.15, 0.2) is 95.9 Å². The molecule has 10 heteroatoms. The van der Waals surface area contributed by atoms with Gasteiger partial charge in [0.1, 0.15) is 5.82 Å². The lowest BCUT2D eigenvalue weighted by atomic mass is 10.1. The summed E-state index contributed by atoms with van der Waals surface area (Å²) in [7, 11) is -4.06. The molecule has 4 rings (SSSR count). The number of carbonyl (C=O) groups is 1. The molecule has 0 aromatic heterocycles. The van der Waals surface area contributed by atoms with Gasteiger partial charge in [-0.3, -0.25) is 9.10 Å². The summed E-state index contributed by atoms with van der Waals surface area (Å²) in [5, 5.41) is 4.12. The van der Waals surface area contributed by atoms with Gasteiger partial charge in [0.05, 0.1) is 16.1 Å². The van der Waals surface area contributed by atoms with Crippen LogP contribution in [0.3, 0.4) is 0 Å². The van der Waals surface area contributed by atoms with Gasteiger partial charge in [0.25, 0.3) is 15.9 Å². The van der Waals surface area contributed by atoms with Crippen molar-refractivity contribution in [1.29, 1.82) is 0 Å². The minimum atomic E-state index is -4.58. The fourth-order valence-corrected chi connectivity index (χ4v) is 5.35. The van der Waals surface area contributed by atoms with Gasteiger partial charge >= 0.3 is 6.18 Å². The molecule has 0 atom stereocenters. The van der Waals surface area contributed by atoms with Crippen molar-refractivity contribution in [2.45, 2.75) is 17.5 Å². The van der Waals surface area contributed by atoms with Gasteiger partial charge in [-0.15, -0.1) is 0 Å². The Hall–Kier alpha value is -3.92. The third kappa shape index (κ3) is 6.08. The molecule has 37 heavy (non-hydrogen) atoms. The van der Waals surface area contributed by atoms with Crippen molar-refractivity contribution in [3.63, 3.8) is 0 Å². The molecule has 0 spiro atoms. The molecule has 0 saturated carbocycles. The predicted octanol–water partition coefficient (Wildman–Crippen LogP) is 6.01. The average Bonchev–Trinajstić information content (AvgIpc) is 2.88. The van der Waals surface area contributed by atoms with Crippen LogP contribution in [0.25, 0.3) is 10.8 Å². The molecule has 192 valence electrons. The molecule has 4 aromatic rings. The first-order chi connectivity index (χ1) is 17.6. The van der Waals surface area contributed by atoms with Crippen molar-refractivity contribution in [3.05, 3.63) is 108 Å². The molecule has 0 radical (unpaired) electrons. The van der Waals surface area contributed by atoms with Gasteiger partial charge < -0.3 is 5.32 Å². The Balaban J connectivity index is 1.51. The highest BCUT2D eigenvalue weighted by atomic mass is 32.2. The zero-order valence-electron chi connectivity index (χ0n) is 19.4. The number of halogens is 4. The highest BCUT2D eigenvalue weighted by molar-refractivity contribution is 7.92. The molecule has 5 nitrogen and oxygen atoms in total. The number of anilines is 1. The van der Waals surface area contributed by atoms with Crippen LogP contribution in [0, 0.1) is 5.82 Å². The van der Waals surface area contributed by atoms with E-state index in [1.54, 1.807) is 24.3 Å². The summed E-state index contributed by atoms with van der Waals surface area (Å²) in [6, 6.07) is 21.0. The van der Waals surface area contributed by atoms with Crippen LogP contribution in [0.4, 0.5) is 23.2 Å². The van der Waals surface area contributed by atoms with Gasteiger partial charge in [-0.2, -0.15) is 13.2 Å². The summed E-state index contributed by atoms with van der Waals surface area (Å²) >= 11 is 0. The molecular weight excluding hydrogens is 508 g/mol. The van der Waals surface area contributed by atoms with Crippen LogP contribution in [0.5, 0.6) is 0 Å². The van der Waals surface area contributed by atoms with Crippen molar-refractivity contribution < 1.29 is 30.8 Å². The van der Waals surface area contributed by atoms with E-state index in [1.807, 2.05) is 12.1 Å². The van der Waals surface area contributed by atoms with Gasteiger partial charge in [-0.25, -0.2) is 12.8 Å². The number of hydrogen-bond donors (Lipinski definition) is 1. The van der Waals surface area contributed by atoms with Crippen molar-refractivity contribution >= 4 is 32.4 Å². The zero-order valence-corrected chi connectivity index (χ0v) is 20.2. The standard InChI is InChI=1S/C27H22F4N2O3S/c28-23-10-12-24(13-11-23)33(37(35,36)25-14-9-19-5-1-2-6-20(19)18-25)16-4-15-32-26(34)21-7-3-8-22(17-21)27(29,30)31/h1-3,5-14,17-18H,4,15-16H2,(H,32,34). The molecule has 1 N–H and O–H groups in total. The lowest BCUT2D eigenvalue weighted by Gasteiger charge is -2.25. The number of amides is 1. The van der Waals surface area contributed by atoms with Crippen molar-refractivity contribution in [3.8, 4) is 0 Å². The molecule has 0 bridgehead atoms. The Bertz CT molecular complexity index is 1520. The van der Waals surface area contributed by atoms with Crippen LogP contribution in [0.1, 0.15) is 22.3 Å². The Morgan fingerprint density at radius 1 is 0.838 bits per heavy atom. The molecule has 0 aliphatic heterocycles. The number of rotatable bonds is 8. The van der Waals surface area contributed by atoms with Gasteiger partial charge in [0, 0.05) is 18.7 Å². The summed E-state index contributed by atoms with van der Waals surface area (Å²) in [6.45, 7) is -0.0658. The van der Waals surface area contributed by atoms with E-state index in [0.717, 1.165) is 45.4 Å². The maximum Gasteiger partial charge on any atom is 0.416 e. The van der Waals surface area contributed by atoms with Gasteiger partial charge in [-0.05, 0) is 71.8 Å². The summed E-state index contributed by atoms with van der Waals surface area (Å²) < 4.78 is 80.6. The highest BCUT2D eigenvalue weighted by Gasteiger charge is 2.31. The average molecular weight is 531 g/mol. The third-order valence-corrected chi connectivity index (χ3v) is 7.52. The first-order valence-electron chi connectivity index (χ1n) is 11.3. The number of carbonyl (C=O) groups excluding carboxylic acids is 1. The highest BCUT2D eigenvalue weighted by Crippen LogP contribution is 2.30. The lowest BCUT2D eigenvalue weighted by Crippen LogP contribution is -2.34. The fourth-order valence-electron chi connectivity index (χ4n) is 3.81. The van der Waals surface area contributed by atoms with Gasteiger partial charge in [0.15, 0.2) is 0 Å². The van der Waals surface area contributed by atoms with Crippen LogP contribution in [0.2, 0.25) is 0 Å². The molecule has 0 aliphatic rings. The molecule has 4 aromatic carbocycles. The number of benzene rings is 4. The number of fused-ring (bicyclic) bond motifs is 1. The van der Waals surface area contributed by atoms with E-state index < -0.39 is 33.5 Å². The Morgan fingerprint density at radius 3 is 2.24 bits per heavy atom. The minimum Gasteiger partial charge on any atom is -0.352 e. The molecular formula is C27H22F4N2O3S. The van der Waals surface area contributed by atoms with E-state index in [9.17, 15) is 30.8 Å². The number of alkyl halides is 3. The Labute approximate surface area is 211 Å². The van der Waals surface area contributed by atoms with Gasteiger partial charge in [-0.1, -0.05) is 36.4 Å². The summed E-state index contributed by atoms with van der Waals surface area (Å²) in [6.07, 6.45) is -4.43. The Kier molecular flexibility index (Phi) is 7.49. The van der Waals surface area contributed by atoms with Gasteiger partial charge in [0.2, 0.25) is 0 Å². The van der Waals surface area contributed by atoms with Crippen molar-refractivity contribution in [1.82, 2.24) is 5.32 Å². The van der Waals surface area contributed by atoms with E-state index in [0.29, 0.717) is 0 Å². The van der Waals surface area contributed by atoms with Crippen molar-refractivity contribution in [2.75, 3.05) is 17.4 Å². The molecule has 1 amide bonds. The predicted molar refractivity (Wildman–Crippen MR) is 133 cm³/mol. The maximum absolute atomic E-state index is 13.6. The second-order valence-corrected chi connectivity index (χ2v) is 10.1. The van der Waals surface area contributed by atoms with E-state index in [2.05, 4.69) is 5.32 Å². The van der Waals surface area contributed by atoms with Crippen LogP contribution in [-0.2, 0) is 16.2 Å². The molecule has 0 fully saturated rings. The monoisotopic (exact) mass is 530 g/mol. The normalized spacial score (nSPS) is 11.9.